The molecule has 0 aliphatic rings. The van der Waals surface area contributed by atoms with Gasteiger partial charge in [0.1, 0.15) is 5.76 Å². The highest BCUT2D eigenvalue weighted by Crippen LogP contribution is 2.23. The van der Waals surface area contributed by atoms with Gasteiger partial charge in [0.2, 0.25) is 5.91 Å². The fourth-order valence-electron chi connectivity index (χ4n) is 1.98. The number of Topliss-reactive ketones (excluding diaryl/α,β-unsaturated/α-hetero) is 1. The predicted molar refractivity (Wildman–Crippen MR) is 90.3 cm³/mol. The van der Waals surface area contributed by atoms with Crippen molar-refractivity contribution in [3.05, 3.63) is 41.7 Å². The topological polar surface area (TPSA) is 111 Å². The Morgan fingerprint density at radius 1 is 1.24 bits per heavy atom. The van der Waals surface area contributed by atoms with E-state index in [0.29, 0.717) is 22.7 Å². The monoisotopic (exact) mass is 358 g/mol. The van der Waals surface area contributed by atoms with E-state index in [1.165, 1.54) is 6.92 Å². The molecule has 0 radical (unpaired) electrons. The minimum absolute atomic E-state index is 0.0630. The first-order valence-electron chi connectivity index (χ1n) is 7.32. The predicted octanol–water partition coefficient (Wildman–Crippen LogP) is 2.97. The molecular weight excluding hydrogens is 344 g/mol. The summed E-state index contributed by atoms with van der Waals surface area (Å²) in [4.78, 5) is 23.4. The van der Waals surface area contributed by atoms with Crippen LogP contribution >= 0.6 is 11.8 Å². The number of carbonyl (C=O) groups is 2. The van der Waals surface area contributed by atoms with E-state index >= 15 is 0 Å². The molecule has 2 aromatic heterocycles. The van der Waals surface area contributed by atoms with Crippen molar-refractivity contribution in [3.63, 3.8) is 0 Å². The summed E-state index contributed by atoms with van der Waals surface area (Å²) in [6.07, 6.45) is 0. The van der Waals surface area contributed by atoms with Crippen molar-refractivity contribution < 1.29 is 18.5 Å². The van der Waals surface area contributed by atoms with Crippen LogP contribution in [0.4, 0.5) is 5.69 Å². The third kappa shape index (κ3) is 4.32. The fraction of sp³-hybridized carbons (Fsp3) is 0.188. The van der Waals surface area contributed by atoms with Gasteiger partial charge in [-0.1, -0.05) is 29.1 Å². The molecule has 2 heterocycles. The highest BCUT2D eigenvalue weighted by Gasteiger charge is 2.14. The lowest BCUT2D eigenvalue weighted by Gasteiger charge is -2.05. The first kappa shape index (κ1) is 16.9. The molecule has 1 amide bonds. The van der Waals surface area contributed by atoms with Gasteiger partial charge in [0.05, 0.1) is 5.75 Å². The lowest BCUT2D eigenvalue weighted by atomic mass is 10.1. The first-order valence-corrected chi connectivity index (χ1v) is 8.30. The number of ketones is 1. The summed E-state index contributed by atoms with van der Waals surface area (Å²) in [7, 11) is 0. The van der Waals surface area contributed by atoms with Crippen LogP contribution in [-0.2, 0) is 4.79 Å². The minimum Gasteiger partial charge on any atom is -0.409 e. The molecule has 3 rings (SSSR count). The van der Waals surface area contributed by atoms with Crippen LogP contribution in [0.2, 0.25) is 0 Å². The Hall–Kier alpha value is -2.94. The highest BCUT2D eigenvalue weighted by atomic mass is 32.2. The molecule has 0 fully saturated rings. The standard InChI is InChI=1S/C16H14N4O4S/c1-9-6-13(20-24-9)15-18-19-16(23-15)25-8-14(22)17-12-5-3-4-11(7-12)10(2)21/h3-7H,8H2,1-2H3,(H,17,22). The summed E-state index contributed by atoms with van der Waals surface area (Å²) >= 11 is 1.10. The molecular formula is C16H14N4O4S. The maximum atomic E-state index is 12.0. The summed E-state index contributed by atoms with van der Waals surface area (Å²) in [5.41, 5.74) is 1.54. The molecule has 1 aromatic carbocycles. The summed E-state index contributed by atoms with van der Waals surface area (Å²) < 4.78 is 10.4. The zero-order chi connectivity index (χ0) is 17.8. The largest absolute Gasteiger partial charge is 0.409 e. The number of benzene rings is 1. The van der Waals surface area contributed by atoms with Gasteiger partial charge in [0, 0.05) is 17.3 Å². The number of amides is 1. The number of carbonyl (C=O) groups excluding carboxylic acids is 2. The summed E-state index contributed by atoms with van der Waals surface area (Å²) in [5, 5.41) is 14.5. The van der Waals surface area contributed by atoms with Crippen LogP contribution in [0, 0.1) is 6.92 Å². The maximum absolute atomic E-state index is 12.0. The van der Waals surface area contributed by atoms with Gasteiger partial charge in [-0.2, -0.15) is 0 Å². The summed E-state index contributed by atoms with van der Waals surface area (Å²) in [5.74, 6) is 0.641. The molecule has 0 spiro atoms. The zero-order valence-corrected chi connectivity index (χ0v) is 14.3. The van der Waals surface area contributed by atoms with Crippen LogP contribution in [-0.4, -0.2) is 32.8 Å². The van der Waals surface area contributed by atoms with Gasteiger partial charge >= 0.3 is 0 Å². The van der Waals surface area contributed by atoms with E-state index in [-0.39, 0.29) is 28.6 Å². The maximum Gasteiger partial charge on any atom is 0.277 e. The van der Waals surface area contributed by atoms with Crippen LogP contribution in [0.1, 0.15) is 23.0 Å². The van der Waals surface area contributed by atoms with Gasteiger partial charge in [-0.3, -0.25) is 9.59 Å². The van der Waals surface area contributed by atoms with Crippen molar-refractivity contribution in [2.75, 3.05) is 11.1 Å². The van der Waals surface area contributed by atoms with Crippen molar-refractivity contribution in [3.8, 4) is 11.6 Å². The van der Waals surface area contributed by atoms with Gasteiger partial charge in [-0.25, -0.2) is 0 Å². The fourth-order valence-corrected chi connectivity index (χ4v) is 2.54. The van der Waals surface area contributed by atoms with Crippen molar-refractivity contribution in [2.24, 2.45) is 0 Å². The van der Waals surface area contributed by atoms with Crippen LogP contribution in [0.3, 0.4) is 0 Å². The number of hydrogen-bond acceptors (Lipinski definition) is 8. The van der Waals surface area contributed by atoms with Gasteiger partial charge in [-0.15, -0.1) is 10.2 Å². The molecule has 128 valence electrons. The van der Waals surface area contributed by atoms with Crippen molar-refractivity contribution in [2.45, 2.75) is 19.1 Å². The molecule has 1 N–H and O–H groups in total. The molecule has 0 saturated carbocycles. The van der Waals surface area contributed by atoms with E-state index in [4.69, 9.17) is 8.94 Å². The van der Waals surface area contributed by atoms with E-state index in [2.05, 4.69) is 20.7 Å². The molecule has 0 aliphatic heterocycles. The zero-order valence-electron chi connectivity index (χ0n) is 13.5. The Bertz CT molecular complexity index is 918. The number of rotatable bonds is 6. The molecule has 0 atom stereocenters. The lowest BCUT2D eigenvalue weighted by Crippen LogP contribution is -2.14. The second-order valence-electron chi connectivity index (χ2n) is 5.17. The lowest BCUT2D eigenvalue weighted by molar-refractivity contribution is -0.113. The van der Waals surface area contributed by atoms with E-state index < -0.39 is 0 Å². The Morgan fingerprint density at radius 3 is 2.80 bits per heavy atom. The second-order valence-corrected chi connectivity index (χ2v) is 6.10. The van der Waals surface area contributed by atoms with Crippen LogP contribution in [0.5, 0.6) is 0 Å². The van der Waals surface area contributed by atoms with Crippen LogP contribution < -0.4 is 5.32 Å². The van der Waals surface area contributed by atoms with Crippen LogP contribution in [0.15, 0.2) is 44.5 Å². The Labute approximate surface area is 147 Å². The number of aromatic nitrogens is 3. The molecule has 0 saturated heterocycles. The molecule has 3 aromatic rings. The van der Waals surface area contributed by atoms with E-state index in [1.54, 1.807) is 37.3 Å². The third-order valence-corrected chi connectivity index (χ3v) is 3.95. The van der Waals surface area contributed by atoms with Gasteiger partial charge < -0.3 is 14.3 Å². The molecule has 9 heteroatoms. The quantitative estimate of drug-likeness (QED) is 0.529. The minimum atomic E-state index is -0.247. The number of nitrogens with one attached hydrogen (secondary N) is 1. The Kier molecular flexibility index (Phi) is 4.94. The van der Waals surface area contributed by atoms with Crippen molar-refractivity contribution >= 4 is 29.1 Å². The third-order valence-electron chi connectivity index (χ3n) is 3.13. The van der Waals surface area contributed by atoms with E-state index in [0.717, 1.165) is 11.8 Å². The van der Waals surface area contributed by atoms with Crippen LogP contribution in [0.25, 0.3) is 11.6 Å². The van der Waals surface area contributed by atoms with E-state index in [9.17, 15) is 9.59 Å². The number of nitrogens with zero attached hydrogens (tertiary/aromatic N) is 3. The van der Waals surface area contributed by atoms with Gasteiger partial charge in [0.25, 0.3) is 11.1 Å². The Morgan fingerprint density at radius 2 is 2.08 bits per heavy atom. The summed E-state index contributed by atoms with van der Waals surface area (Å²) in [6.45, 7) is 3.23. The highest BCUT2D eigenvalue weighted by molar-refractivity contribution is 7.99. The number of aryl methyl sites for hydroxylation is 1. The Balaban J connectivity index is 1.57. The second kappa shape index (κ2) is 7.31. The SMILES string of the molecule is CC(=O)c1cccc(NC(=O)CSc2nnc(-c3cc(C)on3)o2)c1. The average Bonchev–Trinajstić information content (AvgIpc) is 3.22. The number of anilines is 1. The average molecular weight is 358 g/mol. The van der Waals surface area contributed by atoms with Gasteiger partial charge in [0.15, 0.2) is 11.5 Å². The van der Waals surface area contributed by atoms with Crippen molar-refractivity contribution in [1.82, 2.24) is 15.4 Å². The number of hydrogen-bond donors (Lipinski definition) is 1. The summed E-state index contributed by atoms with van der Waals surface area (Å²) in [6, 6.07) is 8.42. The van der Waals surface area contributed by atoms with Gasteiger partial charge in [-0.05, 0) is 26.0 Å². The molecule has 8 nitrogen and oxygen atoms in total. The first-order chi connectivity index (χ1) is 12.0. The molecule has 25 heavy (non-hydrogen) atoms. The normalized spacial score (nSPS) is 10.6. The smallest absolute Gasteiger partial charge is 0.277 e. The molecule has 0 aliphatic carbocycles. The molecule has 0 bridgehead atoms. The number of thioether (sulfide) groups is 1. The van der Waals surface area contributed by atoms with Crippen molar-refractivity contribution in [1.29, 1.82) is 0 Å². The molecule has 0 unspecified atom stereocenters. The van der Waals surface area contributed by atoms with E-state index in [1.807, 2.05) is 0 Å².